The molecular formula is C26H35N9O4S. The zero-order chi connectivity index (χ0) is 28.4. The molecule has 3 aromatic heterocycles. The fourth-order valence-corrected chi connectivity index (χ4v) is 6.20. The maximum absolute atomic E-state index is 13.6. The van der Waals surface area contributed by atoms with Crippen molar-refractivity contribution in [2.75, 3.05) is 39.8 Å². The normalized spacial score (nSPS) is 15.2. The summed E-state index contributed by atoms with van der Waals surface area (Å²) in [5.41, 5.74) is 1.50. The van der Waals surface area contributed by atoms with Crippen molar-refractivity contribution < 1.29 is 13.2 Å². The van der Waals surface area contributed by atoms with Gasteiger partial charge < -0.3 is 19.2 Å². The van der Waals surface area contributed by atoms with E-state index in [-0.39, 0.29) is 22.8 Å². The number of hydrogen-bond acceptors (Lipinski definition) is 9. The topological polar surface area (TPSA) is 144 Å². The summed E-state index contributed by atoms with van der Waals surface area (Å²) in [5, 5.41) is 12.7. The average molecular weight is 570 g/mol. The highest BCUT2D eigenvalue weighted by Gasteiger charge is 2.29. The molecule has 1 N–H and O–H groups in total. The minimum Gasteiger partial charge on any atom is -0.493 e. The van der Waals surface area contributed by atoms with Crippen molar-refractivity contribution in [3.05, 3.63) is 46.4 Å². The van der Waals surface area contributed by atoms with E-state index in [1.807, 2.05) is 27.9 Å². The molecule has 14 heteroatoms. The third kappa shape index (κ3) is 5.38. The number of fused-ring (bicyclic) bond motifs is 1. The second kappa shape index (κ2) is 11.5. The summed E-state index contributed by atoms with van der Waals surface area (Å²) in [6.45, 7) is 6.85. The van der Waals surface area contributed by atoms with Crippen LogP contribution in [0.25, 0.3) is 22.4 Å². The molecule has 13 nitrogen and oxygen atoms in total. The van der Waals surface area contributed by atoms with Gasteiger partial charge in [-0.05, 0) is 38.1 Å². The van der Waals surface area contributed by atoms with Crippen molar-refractivity contribution in [2.45, 2.75) is 44.6 Å². The maximum atomic E-state index is 13.6. The molecule has 1 aromatic carbocycles. The molecule has 4 heterocycles. The Morgan fingerprint density at radius 2 is 1.85 bits per heavy atom. The molecule has 1 aliphatic rings. The van der Waals surface area contributed by atoms with Crippen LogP contribution in [0.1, 0.15) is 38.2 Å². The van der Waals surface area contributed by atoms with E-state index in [4.69, 9.17) is 14.8 Å². The summed E-state index contributed by atoms with van der Waals surface area (Å²) in [6, 6.07) is 4.75. The van der Waals surface area contributed by atoms with Gasteiger partial charge in [-0.15, -0.1) is 10.2 Å². The molecule has 1 saturated heterocycles. The second-order valence-corrected chi connectivity index (χ2v) is 12.0. The number of H-pyrrole nitrogens is 1. The molecule has 0 amide bonds. The number of aromatic nitrogens is 7. The van der Waals surface area contributed by atoms with E-state index >= 15 is 0 Å². The number of sulfonamides is 1. The number of ether oxygens (including phenoxy) is 1. The van der Waals surface area contributed by atoms with E-state index in [1.165, 1.54) is 4.31 Å². The van der Waals surface area contributed by atoms with Gasteiger partial charge in [0.25, 0.3) is 5.56 Å². The van der Waals surface area contributed by atoms with Crippen molar-refractivity contribution in [1.82, 2.24) is 43.7 Å². The van der Waals surface area contributed by atoms with Crippen LogP contribution in [0.5, 0.6) is 5.75 Å². The van der Waals surface area contributed by atoms with E-state index in [0.717, 1.165) is 12.8 Å². The Balaban J connectivity index is 1.63. The van der Waals surface area contributed by atoms with Gasteiger partial charge >= 0.3 is 0 Å². The van der Waals surface area contributed by atoms with Crippen LogP contribution in [-0.4, -0.2) is 92.0 Å². The standard InChI is InChI=1S/C26H35N9O4S/c1-5-7-20-23-24(35(31-20)16-22-30-27-17-33(22)4)26(36)29-25(28-23)19-15-18(8-9-21(19)39-14-6-2)40(37,38)34-12-10-32(3)11-13-34/h8-9,15,17H,5-7,10-14,16H2,1-4H3,(H,28,29,36). The van der Waals surface area contributed by atoms with Crippen molar-refractivity contribution >= 4 is 21.1 Å². The molecule has 0 atom stereocenters. The fraction of sp³-hybridized carbons (Fsp3) is 0.500. The van der Waals surface area contributed by atoms with Gasteiger partial charge in [-0.25, -0.2) is 18.1 Å². The van der Waals surface area contributed by atoms with E-state index in [1.54, 1.807) is 33.8 Å². The van der Waals surface area contributed by atoms with Gasteiger partial charge in [0.1, 0.15) is 30.0 Å². The molecule has 214 valence electrons. The van der Waals surface area contributed by atoms with E-state index in [9.17, 15) is 13.2 Å². The van der Waals surface area contributed by atoms with Crippen LogP contribution < -0.4 is 10.3 Å². The molecule has 1 aliphatic heterocycles. The van der Waals surface area contributed by atoms with Gasteiger partial charge in [0.15, 0.2) is 11.3 Å². The summed E-state index contributed by atoms with van der Waals surface area (Å²) < 4.78 is 37.9. The Morgan fingerprint density at radius 3 is 2.52 bits per heavy atom. The number of likely N-dealkylation sites (N-methyl/N-ethyl adjacent to an activating group) is 1. The molecular weight excluding hydrogens is 534 g/mol. The van der Waals surface area contributed by atoms with Gasteiger partial charge in [0.05, 0.1) is 22.8 Å². The number of nitrogens with zero attached hydrogens (tertiary/aromatic N) is 8. The number of rotatable bonds is 10. The predicted molar refractivity (Wildman–Crippen MR) is 150 cm³/mol. The Kier molecular flexibility index (Phi) is 8.01. The van der Waals surface area contributed by atoms with Crippen molar-refractivity contribution in [1.29, 1.82) is 0 Å². The van der Waals surface area contributed by atoms with Crippen LogP contribution in [-0.2, 0) is 30.0 Å². The number of piperazine rings is 1. The third-order valence-corrected chi connectivity index (χ3v) is 8.91. The zero-order valence-electron chi connectivity index (χ0n) is 23.3. The summed E-state index contributed by atoms with van der Waals surface area (Å²) in [6.07, 6.45) is 3.79. The lowest BCUT2D eigenvalue weighted by Gasteiger charge is -2.31. The third-order valence-electron chi connectivity index (χ3n) is 7.02. The lowest BCUT2D eigenvalue weighted by atomic mass is 10.1. The van der Waals surface area contributed by atoms with E-state index in [0.29, 0.717) is 73.1 Å². The lowest BCUT2D eigenvalue weighted by Crippen LogP contribution is -2.47. The predicted octanol–water partition coefficient (Wildman–Crippen LogP) is 1.64. The van der Waals surface area contributed by atoms with E-state index in [2.05, 4.69) is 20.1 Å². The first-order valence-electron chi connectivity index (χ1n) is 13.5. The largest absolute Gasteiger partial charge is 0.493 e. The Hall–Kier alpha value is -3.62. The number of hydrogen-bond donors (Lipinski definition) is 1. The monoisotopic (exact) mass is 569 g/mol. The highest BCUT2D eigenvalue weighted by atomic mass is 32.2. The molecule has 4 aromatic rings. The highest BCUT2D eigenvalue weighted by molar-refractivity contribution is 7.89. The molecule has 0 bridgehead atoms. The van der Waals surface area contributed by atoms with Gasteiger partial charge in [0, 0.05) is 33.2 Å². The molecule has 0 unspecified atom stereocenters. The van der Waals surface area contributed by atoms with Crippen LogP contribution in [0.3, 0.4) is 0 Å². The van der Waals surface area contributed by atoms with Gasteiger partial charge in [0.2, 0.25) is 10.0 Å². The second-order valence-electron chi connectivity index (χ2n) is 10.0. The summed E-state index contributed by atoms with van der Waals surface area (Å²) in [7, 11) is 0.0514. The highest BCUT2D eigenvalue weighted by Crippen LogP contribution is 2.32. The van der Waals surface area contributed by atoms with Crippen LogP contribution >= 0.6 is 0 Å². The van der Waals surface area contributed by atoms with Crippen LogP contribution in [0.2, 0.25) is 0 Å². The lowest BCUT2D eigenvalue weighted by molar-refractivity contribution is 0.222. The minimum absolute atomic E-state index is 0.130. The molecule has 1 fully saturated rings. The Morgan fingerprint density at radius 1 is 1.07 bits per heavy atom. The van der Waals surface area contributed by atoms with Crippen LogP contribution in [0.15, 0.2) is 34.2 Å². The fourth-order valence-electron chi connectivity index (χ4n) is 4.75. The average Bonchev–Trinajstić information content (AvgIpc) is 3.50. The quantitative estimate of drug-likeness (QED) is 0.301. The molecule has 0 saturated carbocycles. The van der Waals surface area contributed by atoms with Crippen LogP contribution in [0, 0.1) is 0 Å². The first kappa shape index (κ1) is 27.9. The van der Waals surface area contributed by atoms with Gasteiger partial charge in [-0.3, -0.25) is 4.79 Å². The van der Waals surface area contributed by atoms with Crippen LogP contribution in [0.4, 0.5) is 0 Å². The molecule has 40 heavy (non-hydrogen) atoms. The smallest absolute Gasteiger partial charge is 0.277 e. The number of aromatic amines is 1. The molecule has 5 rings (SSSR count). The van der Waals surface area contributed by atoms with Gasteiger partial charge in [-0.2, -0.15) is 9.40 Å². The summed E-state index contributed by atoms with van der Waals surface area (Å²) >= 11 is 0. The molecule has 0 spiro atoms. The SMILES string of the molecule is CCCOc1ccc(S(=O)(=O)N2CCN(C)CC2)cc1-c1nc2c(CCC)nn(Cc3nncn3C)c2c(=O)[nH]1. The summed E-state index contributed by atoms with van der Waals surface area (Å²) in [5.74, 6) is 1.33. The Labute approximate surface area is 232 Å². The first-order chi connectivity index (χ1) is 19.2. The molecule has 0 radical (unpaired) electrons. The van der Waals surface area contributed by atoms with Crippen molar-refractivity contribution in [2.24, 2.45) is 7.05 Å². The first-order valence-corrected chi connectivity index (χ1v) is 14.9. The number of benzene rings is 1. The maximum Gasteiger partial charge on any atom is 0.277 e. The zero-order valence-corrected chi connectivity index (χ0v) is 24.1. The van der Waals surface area contributed by atoms with Crippen molar-refractivity contribution in [3.8, 4) is 17.1 Å². The number of aryl methyl sites for hydroxylation is 2. The Bertz CT molecular complexity index is 1670. The summed E-state index contributed by atoms with van der Waals surface area (Å²) in [4.78, 5) is 23.5. The number of nitrogens with one attached hydrogen (secondary N) is 1. The van der Waals surface area contributed by atoms with Crippen molar-refractivity contribution in [3.63, 3.8) is 0 Å². The van der Waals surface area contributed by atoms with E-state index < -0.39 is 10.0 Å². The molecule has 0 aliphatic carbocycles. The minimum atomic E-state index is -3.75. The van der Waals surface area contributed by atoms with Gasteiger partial charge in [-0.1, -0.05) is 20.3 Å².